The van der Waals surface area contributed by atoms with Crippen LogP contribution < -0.4 is 5.32 Å². The molecule has 0 fully saturated rings. The molecule has 0 aromatic carbocycles. The van der Waals surface area contributed by atoms with Crippen LogP contribution in [0.2, 0.25) is 0 Å². The van der Waals surface area contributed by atoms with E-state index in [1.807, 2.05) is 0 Å². The predicted octanol–water partition coefficient (Wildman–Crippen LogP) is 0.716. The van der Waals surface area contributed by atoms with Crippen LogP contribution in [0, 0.1) is 0 Å². The van der Waals surface area contributed by atoms with Gasteiger partial charge in [0.15, 0.2) is 0 Å². The lowest BCUT2D eigenvalue weighted by molar-refractivity contribution is -0.139. The van der Waals surface area contributed by atoms with Gasteiger partial charge < -0.3 is 10.1 Å². The third-order valence-electron chi connectivity index (χ3n) is 2.10. The number of ether oxygens (including phenoxy) is 1. The number of hydrogen-bond acceptors (Lipinski definition) is 7. The molecule has 0 aliphatic heterocycles. The van der Waals surface area contributed by atoms with E-state index in [9.17, 15) is 4.79 Å². The molecule has 1 aromatic rings. The number of hydrogen-bond donors (Lipinski definition) is 1. The number of thioether (sulfide) groups is 1. The van der Waals surface area contributed by atoms with Crippen LogP contribution in [-0.2, 0) is 16.1 Å². The fourth-order valence-corrected chi connectivity index (χ4v) is 2.00. The summed E-state index contributed by atoms with van der Waals surface area (Å²) < 4.78 is 6.54. The van der Waals surface area contributed by atoms with E-state index in [1.165, 1.54) is 11.8 Å². The second kappa shape index (κ2) is 7.44. The summed E-state index contributed by atoms with van der Waals surface area (Å²) in [5.41, 5.74) is 0.0618. The zero-order valence-electron chi connectivity index (χ0n) is 11.8. The highest BCUT2D eigenvalue weighted by molar-refractivity contribution is 7.99. The number of aromatic nitrogens is 4. The van der Waals surface area contributed by atoms with Crippen LogP contribution in [0.5, 0.6) is 0 Å². The first kappa shape index (κ1) is 15.9. The van der Waals surface area contributed by atoms with E-state index in [0.29, 0.717) is 18.3 Å². The molecule has 0 bridgehead atoms. The molecule has 0 aliphatic rings. The van der Waals surface area contributed by atoms with Crippen LogP contribution in [0.4, 0.5) is 0 Å². The van der Waals surface area contributed by atoms with Crippen molar-refractivity contribution in [3.8, 4) is 0 Å². The summed E-state index contributed by atoms with van der Waals surface area (Å²) in [5, 5.41) is 15.4. The topological polar surface area (TPSA) is 81.9 Å². The number of esters is 1. The maximum absolute atomic E-state index is 11.3. The Kier molecular flexibility index (Phi) is 6.23. The first-order chi connectivity index (χ1) is 8.92. The van der Waals surface area contributed by atoms with E-state index in [0.717, 1.165) is 6.54 Å². The van der Waals surface area contributed by atoms with Gasteiger partial charge in [-0.15, -0.1) is 5.10 Å². The van der Waals surface area contributed by atoms with Crippen LogP contribution in [-0.4, -0.2) is 50.6 Å². The van der Waals surface area contributed by atoms with Crippen LogP contribution in [0.1, 0.15) is 27.7 Å². The normalized spacial score (nSPS) is 11.6. The zero-order chi connectivity index (χ0) is 14.3. The standard InChI is InChI=1S/C11H21N5O2S/c1-5-18-9(17)8-19-10-13-14-15-16(10)7-6-12-11(2,3)4/h12H,5-8H2,1-4H3. The minimum Gasteiger partial charge on any atom is -0.465 e. The summed E-state index contributed by atoms with van der Waals surface area (Å²) in [7, 11) is 0. The van der Waals surface area contributed by atoms with Crippen LogP contribution >= 0.6 is 11.8 Å². The lowest BCUT2D eigenvalue weighted by Gasteiger charge is -2.20. The van der Waals surface area contributed by atoms with Crippen LogP contribution in [0.25, 0.3) is 0 Å². The summed E-state index contributed by atoms with van der Waals surface area (Å²) in [6, 6.07) is 0. The highest BCUT2D eigenvalue weighted by Gasteiger charge is 2.12. The second-order valence-electron chi connectivity index (χ2n) is 4.96. The van der Waals surface area contributed by atoms with Gasteiger partial charge in [-0.1, -0.05) is 11.8 Å². The van der Waals surface area contributed by atoms with Crippen molar-refractivity contribution in [2.75, 3.05) is 18.9 Å². The van der Waals surface area contributed by atoms with E-state index in [-0.39, 0.29) is 17.3 Å². The summed E-state index contributed by atoms with van der Waals surface area (Å²) in [4.78, 5) is 11.3. The number of tetrazole rings is 1. The Morgan fingerprint density at radius 1 is 1.47 bits per heavy atom. The first-order valence-electron chi connectivity index (χ1n) is 6.22. The number of carbonyl (C=O) groups excluding carboxylic acids is 1. The largest absolute Gasteiger partial charge is 0.465 e. The van der Waals surface area contributed by atoms with Crippen molar-refractivity contribution in [2.45, 2.75) is 44.9 Å². The maximum Gasteiger partial charge on any atom is 0.316 e. The monoisotopic (exact) mass is 287 g/mol. The molecule has 0 saturated heterocycles. The summed E-state index contributed by atoms with van der Waals surface area (Å²) >= 11 is 1.28. The molecule has 0 radical (unpaired) electrons. The molecule has 0 atom stereocenters. The third-order valence-corrected chi connectivity index (χ3v) is 3.03. The molecule has 8 heteroatoms. The number of nitrogens with zero attached hydrogens (tertiary/aromatic N) is 4. The molecular formula is C11H21N5O2S. The Bertz CT molecular complexity index is 402. The van der Waals surface area contributed by atoms with Crippen molar-refractivity contribution in [3.63, 3.8) is 0 Å². The molecule has 7 nitrogen and oxygen atoms in total. The van der Waals surface area contributed by atoms with Gasteiger partial charge in [-0.3, -0.25) is 4.79 Å². The summed E-state index contributed by atoms with van der Waals surface area (Å²) in [6.45, 7) is 9.90. The summed E-state index contributed by atoms with van der Waals surface area (Å²) in [5.74, 6) is -0.0316. The Balaban J connectivity index is 2.40. The lowest BCUT2D eigenvalue weighted by atomic mass is 10.1. The van der Waals surface area contributed by atoms with Gasteiger partial charge in [-0.25, -0.2) is 4.68 Å². The zero-order valence-corrected chi connectivity index (χ0v) is 12.7. The van der Waals surface area contributed by atoms with Gasteiger partial charge in [0.2, 0.25) is 5.16 Å². The van der Waals surface area contributed by atoms with Crippen molar-refractivity contribution in [1.29, 1.82) is 0 Å². The minimum atomic E-state index is -0.255. The number of rotatable bonds is 7. The average molecular weight is 287 g/mol. The van der Waals surface area contributed by atoms with Crippen molar-refractivity contribution in [3.05, 3.63) is 0 Å². The van der Waals surface area contributed by atoms with Crippen molar-refractivity contribution in [1.82, 2.24) is 25.5 Å². The second-order valence-corrected chi connectivity index (χ2v) is 5.90. The number of carbonyl (C=O) groups is 1. The smallest absolute Gasteiger partial charge is 0.316 e. The Morgan fingerprint density at radius 3 is 2.84 bits per heavy atom. The van der Waals surface area contributed by atoms with E-state index >= 15 is 0 Å². The number of nitrogens with one attached hydrogen (secondary N) is 1. The molecule has 1 rings (SSSR count). The summed E-state index contributed by atoms with van der Waals surface area (Å²) in [6.07, 6.45) is 0. The molecule has 1 heterocycles. The lowest BCUT2D eigenvalue weighted by Crippen LogP contribution is -2.38. The molecule has 0 amide bonds. The fourth-order valence-electron chi connectivity index (χ4n) is 1.30. The van der Waals surface area contributed by atoms with E-state index in [4.69, 9.17) is 4.74 Å². The molecule has 1 aromatic heterocycles. The Hall–Kier alpha value is -1.15. The van der Waals surface area contributed by atoms with Gasteiger partial charge >= 0.3 is 5.97 Å². The van der Waals surface area contributed by atoms with Crippen molar-refractivity contribution < 1.29 is 9.53 Å². The average Bonchev–Trinajstić information content (AvgIpc) is 2.73. The first-order valence-corrected chi connectivity index (χ1v) is 7.20. The molecule has 0 saturated carbocycles. The highest BCUT2D eigenvalue weighted by atomic mass is 32.2. The quantitative estimate of drug-likeness (QED) is 0.584. The molecule has 0 spiro atoms. The fraction of sp³-hybridized carbons (Fsp3) is 0.818. The van der Waals surface area contributed by atoms with Gasteiger partial charge in [-0.2, -0.15) is 0 Å². The molecule has 19 heavy (non-hydrogen) atoms. The molecule has 1 N–H and O–H groups in total. The van der Waals surface area contributed by atoms with Crippen LogP contribution in [0.15, 0.2) is 5.16 Å². The van der Waals surface area contributed by atoms with Gasteiger partial charge in [0, 0.05) is 12.1 Å². The predicted molar refractivity (Wildman–Crippen MR) is 72.9 cm³/mol. The minimum absolute atomic E-state index is 0.0618. The third kappa shape index (κ3) is 6.53. The SMILES string of the molecule is CCOC(=O)CSc1nnnn1CCNC(C)(C)C. The van der Waals surface area contributed by atoms with E-state index < -0.39 is 0 Å². The Morgan fingerprint density at radius 2 is 2.21 bits per heavy atom. The Labute approximate surface area is 117 Å². The van der Waals surface area contributed by atoms with Crippen LogP contribution in [0.3, 0.4) is 0 Å². The van der Waals surface area contributed by atoms with E-state index in [1.54, 1.807) is 11.6 Å². The van der Waals surface area contributed by atoms with Gasteiger partial charge in [0.25, 0.3) is 0 Å². The molecule has 0 aliphatic carbocycles. The van der Waals surface area contributed by atoms with Gasteiger partial charge in [0.1, 0.15) is 0 Å². The van der Waals surface area contributed by atoms with Crippen molar-refractivity contribution in [2.24, 2.45) is 0 Å². The molecule has 0 unspecified atom stereocenters. The molecule has 108 valence electrons. The van der Waals surface area contributed by atoms with Crippen molar-refractivity contribution >= 4 is 17.7 Å². The van der Waals surface area contributed by atoms with E-state index in [2.05, 4.69) is 41.6 Å². The molecular weight excluding hydrogens is 266 g/mol. The highest BCUT2D eigenvalue weighted by Crippen LogP contribution is 2.13. The van der Waals surface area contributed by atoms with Gasteiger partial charge in [-0.05, 0) is 38.1 Å². The van der Waals surface area contributed by atoms with Gasteiger partial charge in [0.05, 0.1) is 18.9 Å². The maximum atomic E-state index is 11.3.